The van der Waals surface area contributed by atoms with Crippen LogP contribution in [0.5, 0.6) is 0 Å². The average Bonchev–Trinajstić information content (AvgIpc) is 2.86. The van der Waals surface area contributed by atoms with Crippen LogP contribution in [0.1, 0.15) is 17.0 Å². The standard InChI is InChI=1S/C24H18Cl2N6O3/c25-18-12-11-17(13-19(18)26)29-22-21(32(34)35)23(28-14-27-22)30-31-24(33)20(15-7-3-1-4-8-15)16-9-5-2-6-10-16/h1-14,20H,(H,31,33)(H2,27,28,29,30). The lowest BCUT2D eigenvalue weighted by Gasteiger charge is -2.18. The molecule has 9 nitrogen and oxygen atoms in total. The number of aromatic nitrogens is 2. The van der Waals surface area contributed by atoms with Gasteiger partial charge in [0.05, 0.1) is 20.9 Å². The van der Waals surface area contributed by atoms with Crippen LogP contribution in [0.4, 0.5) is 23.0 Å². The Kier molecular flexibility index (Phi) is 7.39. The number of hydrogen-bond donors (Lipinski definition) is 3. The topological polar surface area (TPSA) is 122 Å². The Bertz CT molecular complexity index is 1320. The van der Waals surface area contributed by atoms with Gasteiger partial charge in [-0.15, -0.1) is 0 Å². The molecule has 0 radical (unpaired) electrons. The zero-order valence-electron chi connectivity index (χ0n) is 18.0. The van der Waals surface area contributed by atoms with Crippen molar-refractivity contribution in [2.45, 2.75) is 5.92 Å². The van der Waals surface area contributed by atoms with Crippen molar-refractivity contribution in [1.29, 1.82) is 0 Å². The number of hydrogen-bond acceptors (Lipinski definition) is 7. The molecule has 1 amide bonds. The van der Waals surface area contributed by atoms with Gasteiger partial charge in [0.15, 0.2) is 0 Å². The zero-order valence-corrected chi connectivity index (χ0v) is 19.5. The molecule has 0 fully saturated rings. The Morgan fingerprint density at radius 2 is 1.46 bits per heavy atom. The first-order chi connectivity index (χ1) is 16.9. The first-order valence-electron chi connectivity index (χ1n) is 10.3. The third-order valence-corrected chi connectivity index (χ3v) is 5.76. The number of nitrogens with one attached hydrogen (secondary N) is 3. The number of hydrazine groups is 1. The third-order valence-electron chi connectivity index (χ3n) is 5.02. The largest absolute Gasteiger partial charge is 0.355 e. The molecular weight excluding hydrogens is 491 g/mol. The average molecular weight is 509 g/mol. The highest BCUT2D eigenvalue weighted by atomic mass is 35.5. The number of nitro groups is 1. The van der Waals surface area contributed by atoms with E-state index in [2.05, 4.69) is 26.1 Å². The highest BCUT2D eigenvalue weighted by Crippen LogP contribution is 2.33. The Hall–Kier alpha value is -4.21. The van der Waals surface area contributed by atoms with Crippen molar-refractivity contribution in [2.24, 2.45) is 0 Å². The fourth-order valence-electron chi connectivity index (χ4n) is 3.42. The number of rotatable bonds is 8. The Labute approximate surface area is 210 Å². The van der Waals surface area contributed by atoms with Gasteiger partial charge in [0, 0.05) is 5.69 Å². The second-order valence-corrected chi connectivity index (χ2v) is 8.11. The Morgan fingerprint density at radius 3 is 2.03 bits per heavy atom. The molecule has 0 bridgehead atoms. The molecule has 176 valence electrons. The Morgan fingerprint density at radius 1 is 0.857 bits per heavy atom. The van der Waals surface area contributed by atoms with Crippen molar-refractivity contribution in [3.63, 3.8) is 0 Å². The van der Waals surface area contributed by atoms with Gasteiger partial charge in [0.25, 0.3) is 0 Å². The van der Waals surface area contributed by atoms with Crippen molar-refractivity contribution < 1.29 is 9.72 Å². The molecular formula is C24H18Cl2N6O3. The minimum absolute atomic E-state index is 0.0946. The van der Waals surface area contributed by atoms with Crippen molar-refractivity contribution in [2.75, 3.05) is 10.7 Å². The molecule has 0 spiro atoms. The summed E-state index contributed by atoms with van der Waals surface area (Å²) in [5, 5.41) is 15.3. The molecule has 0 saturated heterocycles. The molecule has 0 aliphatic rings. The highest BCUT2D eigenvalue weighted by molar-refractivity contribution is 6.42. The monoisotopic (exact) mass is 508 g/mol. The third kappa shape index (κ3) is 5.65. The summed E-state index contributed by atoms with van der Waals surface area (Å²) < 4.78 is 0. The van der Waals surface area contributed by atoms with Crippen LogP contribution in [0.2, 0.25) is 10.0 Å². The summed E-state index contributed by atoms with van der Waals surface area (Å²) in [6, 6.07) is 23.1. The number of nitrogens with zero attached hydrogens (tertiary/aromatic N) is 3. The van der Waals surface area contributed by atoms with Gasteiger partial charge in [-0.1, -0.05) is 83.9 Å². The number of halogens is 2. The highest BCUT2D eigenvalue weighted by Gasteiger charge is 2.26. The van der Waals surface area contributed by atoms with Crippen LogP contribution in [0.25, 0.3) is 0 Å². The van der Waals surface area contributed by atoms with E-state index in [1.165, 1.54) is 6.07 Å². The lowest BCUT2D eigenvalue weighted by molar-refractivity contribution is -0.383. The SMILES string of the molecule is O=C(NNc1ncnc(Nc2ccc(Cl)c(Cl)c2)c1[N+](=O)[O-])C(c1ccccc1)c1ccccc1. The molecule has 3 aromatic carbocycles. The fourth-order valence-corrected chi connectivity index (χ4v) is 3.72. The fraction of sp³-hybridized carbons (Fsp3) is 0.0417. The molecule has 4 aromatic rings. The summed E-state index contributed by atoms with van der Waals surface area (Å²) in [6.07, 6.45) is 1.13. The predicted octanol–water partition coefficient (Wildman–Crippen LogP) is 5.71. The molecule has 1 heterocycles. The van der Waals surface area contributed by atoms with E-state index in [0.29, 0.717) is 10.7 Å². The first-order valence-corrected chi connectivity index (χ1v) is 11.1. The van der Waals surface area contributed by atoms with Crippen LogP contribution in [0.15, 0.2) is 85.2 Å². The van der Waals surface area contributed by atoms with Gasteiger partial charge >= 0.3 is 5.69 Å². The van der Waals surface area contributed by atoms with Crippen molar-refractivity contribution >= 4 is 52.1 Å². The molecule has 1 aromatic heterocycles. The lowest BCUT2D eigenvalue weighted by atomic mass is 9.91. The summed E-state index contributed by atoms with van der Waals surface area (Å²) in [4.78, 5) is 32.3. The number of benzene rings is 3. The summed E-state index contributed by atoms with van der Waals surface area (Å²) >= 11 is 12.0. The molecule has 4 rings (SSSR count). The molecule has 0 saturated carbocycles. The zero-order chi connectivity index (χ0) is 24.8. The van der Waals surface area contributed by atoms with Crippen LogP contribution >= 0.6 is 23.2 Å². The summed E-state index contributed by atoms with van der Waals surface area (Å²) in [7, 11) is 0. The molecule has 0 unspecified atom stereocenters. The van der Waals surface area contributed by atoms with Crippen LogP contribution in [-0.4, -0.2) is 20.8 Å². The smallest absolute Gasteiger partial charge is 0.334 e. The van der Waals surface area contributed by atoms with E-state index in [1.54, 1.807) is 12.1 Å². The van der Waals surface area contributed by atoms with Crippen molar-refractivity contribution in [3.8, 4) is 0 Å². The lowest BCUT2D eigenvalue weighted by Crippen LogP contribution is -2.35. The normalized spacial score (nSPS) is 10.6. The second kappa shape index (κ2) is 10.8. The minimum Gasteiger partial charge on any atom is -0.334 e. The van der Waals surface area contributed by atoms with Crippen LogP contribution < -0.4 is 16.2 Å². The number of anilines is 3. The van der Waals surface area contributed by atoms with Gasteiger partial charge in [-0.05, 0) is 29.3 Å². The van der Waals surface area contributed by atoms with Gasteiger partial charge in [-0.3, -0.25) is 25.8 Å². The minimum atomic E-state index is -0.653. The van der Waals surface area contributed by atoms with Gasteiger partial charge in [0.1, 0.15) is 6.33 Å². The molecule has 3 N–H and O–H groups in total. The maximum atomic E-state index is 13.2. The predicted molar refractivity (Wildman–Crippen MR) is 135 cm³/mol. The van der Waals surface area contributed by atoms with Crippen molar-refractivity contribution in [3.05, 3.63) is 116 Å². The van der Waals surface area contributed by atoms with Crippen LogP contribution in [0, 0.1) is 10.1 Å². The summed E-state index contributed by atoms with van der Waals surface area (Å²) in [6.45, 7) is 0. The van der Waals surface area contributed by atoms with E-state index in [4.69, 9.17) is 23.2 Å². The first kappa shape index (κ1) is 23.9. The van der Waals surface area contributed by atoms with E-state index < -0.39 is 22.4 Å². The van der Waals surface area contributed by atoms with Gasteiger partial charge in [0.2, 0.25) is 17.5 Å². The van der Waals surface area contributed by atoms with Gasteiger partial charge in [-0.2, -0.15) is 0 Å². The van der Waals surface area contributed by atoms with Crippen molar-refractivity contribution in [1.82, 2.24) is 15.4 Å². The van der Waals surface area contributed by atoms with E-state index >= 15 is 0 Å². The van der Waals surface area contributed by atoms with Gasteiger partial charge in [-0.25, -0.2) is 9.97 Å². The maximum Gasteiger partial charge on any atom is 0.355 e. The molecule has 0 aliphatic carbocycles. The summed E-state index contributed by atoms with van der Waals surface area (Å²) in [5.41, 5.74) is 6.62. The van der Waals surface area contributed by atoms with Crippen LogP contribution in [0.3, 0.4) is 0 Å². The van der Waals surface area contributed by atoms with E-state index in [0.717, 1.165) is 17.5 Å². The number of amides is 1. The maximum absolute atomic E-state index is 13.2. The van der Waals surface area contributed by atoms with E-state index in [9.17, 15) is 14.9 Å². The Balaban J connectivity index is 1.59. The molecule has 35 heavy (non-hydrogen) atoms. The van der Waals surface area contributed by atoms with E-state index in [1.807, 2.05) is 60.7 Å². The molecule has 11 heteroatoms. The second-order valence-electron chi connectivity index (χ2n) is 7.30. The van der Waals surface area contributed by atoms with Crippen LogP contribution in [-0.2, 0) is 4.79 Å². The van der Waals surface area contributed by atoms with Gasteiger partial charge < -0.3 is 5.32 Å². The molecule has 0 aliphatic heterocycles. The number of carbonyl (C=O) groups is 1. The number of carbonyl (C=O) groups excluding carboxylic acids is 1. The summed E-state index contributed by atoms with van der Waals surface area (Å²) in [5.74, 6) is -1.36. The van der Waals surface area contributed by atoms with E-state index in [-0.39, 0.29) is 16.7 Å². The molecule has 0 atom stereocenters. The quantitative estimate of drug-likeness (QED) is 0.205.